The van der Waals surface area contributed by atoms with Crippen LogP contribution in [0.3, 0.4) is 0 Å². The lowest BCUT2D eigenvalue weighted by atomic mass is 10.2. The summed E-state index contributed by atoms with van der Waals surface area (Å²) < 4.78 is 16.2. The van der Waals surface area contributed by atoms with Gasteiger partial charge in [-0.25, -0.2) is 0 Å². The SMILES string of the molecule is CCOC(COc1ccccc1C=O)OCC. The number of hydrogen-bond donors (Lipinski definition) is 0. The van der Waals surface area contributed by atoms with Crippen LogP contribution in [0.15, 0.2) is 24.3 Å². The molecule has 0 aromatic heterocycles. The molecule has 17 heavy (non-hydrogen) atoms. The summed E-state index contributed by atoms with van der Waals surface area (Å²) in [5, 5.41) is 0. The van der Waals surface area contributed by atoms with Crippen molar-refractivity contribution in [2.75, 3.05) is 19.8 Å². The highest BCUT2D eigenvalue weighted by molar-refractivity contribution is 5.79. The molecule has 0 saturated carbocycles. The summed E-state index contributed by atoms with van der Waals surface area (Å²) in [7, 11) is 0. The summed E-state index contributed by atoms with van der Waals surface area (Å²) in [6.45, 7) is 5.18. The van der Waals surface area contributed by atoms with E-state index in [1.54, 1.807) is 18.2 Å². The van der Waals surface area contributed by atoms with Crippen molar-refractivity contribution in [2.45, 2.75) is 20.1 Å². The summed E-state index contributed by atoms with van der Waals surface area (Å²) in [5.74, 6) is 0.548. The van der Waals surface area contributed by atoms with E-state index in [0.717, 1.165) is 6.29 Å². The highest BCUT2D eigenvalue weighted by Crippen LogP contribution is 2.16. The second-order valence-electron chi connectivity index (χ2n) is 3.31. The van der Waals surface area contributed by atoms with Crippen LogP contribution in [0.1, 0.15) is 24.2 Å². The van der Waals surface area contributed by atoms with Crippen molar-refractivity contribution in [3.05, 3.63) is 29.8 Å². The average Bonchev–Trinajstić information content (AvgIpc) is 2.37. The Morgan fingerprint density at radius 2 is 1.82 bits per heavy atom. The number of ether oxygens (including phenoxy) is 3. The minimum Gasteiger partial charge on any atom is -0.488 e. The molecule has 1 aromatic rings. The minimum atomic E-state index is -0.398. The first-order chi connectivity index (χ1) is 8.31. The third-order valence-corrected chi connectivity index (χ3v) is 2.13. The minimum absolute atomic E-state index is 0.270. The first-order valence-corrected chi connectivity index (χ1v) is 5.72. The van der Waals surface area contributed by atoms with Crippen LogP contribution in [-0.2, 0) is 9.47 Å². The van der Waals surface area contributed by atoms with Crippen LogP contribution in [0.5, 0.6) is 5.75 Å². The summed E-state index contributed by atoms with van der Waals surface area (Å²) in [6.07, 6.45) is 0.371. The second-order valence-corrected chi connectivity index (χ2v) is 3.31. The monoisotopic (exact) mass is 238 g/mol. The molecular formula is C13H18O4. The Kier molecular flexibility index (Phi) is 6.29. The van der Waals surface area contributed by atoms with Gasteiger partial charge in [-0.1, -0.05) is 12.1 Å². The van der Waals surface area contributed by atoms with Gasteiger partial charge in [0.1, 0.15) is 12.4 Å². The number of carbonyl (C=O) groups is 1. The zero-order valence-corrected chi connectivity index (χ0v) is 10.2. The molecule has 1 aromatic carbocycles. The standard InChI is InChI=1S/C13H18O4/c1-3-15-13(16-4-2)10-17-12-8-6-5-7-11(12)9-14/h5-9,13H,3-4,10H2,1-2H3. The van der Waals surface area contributed by atoms with Gasteiger partial charge in [-0.3, -0.25) is 4.79 Å². The summed E-state index contributed by atoms with van der Waals surface area (Å²) in [4.78, 5) is 10.8. The van der Waals surface area contributed by atoms with E-state index in [1.807, 2.05) is 19.9 Å². The fourth-order valence-corrected chi connectivity index (χ4v) is 1.38. The lowest BCUT2D eigenvalue weighted by molar-refractivity contribution is -0.152. The molecular weight excluding hydrogens is 220 g/mol. The highest BCUT2D eigenvalue weighted by atomic mass is 16.7. The lowest BCUT2D eigenvalue weighted by Gasteiger charge is -2.17. The van der Waals surface area contributed by atoms with Gasteiger partial charge in [0, 0.05) is 13.2 Å². The number of carbonyl (C=O) groups excluding carboxylic acids is 1. The van der Waals surface area contributed by atoms with E-state index in [1.165, 1.54) is 0 Å². The molecule has 0 atom stereocenters. The van der Waals surface area contributed by atoms with E-state index in [-0.39, 0.29) is 6.61 Å². The molecule has 0 aliphatic heterocycles. The predicted octanol–water partition coefficient (Wildman–Crippen LogP) is 2.28. The Labute approximate surface area is 101 Å². The Morgan fingerprint density at radius 3 is 2.41 bits per heavy atom. The van der Waals surface area contributed by atoms with Crippen LogP contribution in [0.4, 0.5) is 0 Å². The Balaban J connectivity index is 2.55. The van der Waals surface area contributed by atoms with Crippen molar-refractivity contribution in [1.29, 1.82) is 0 Å². The predicted molar refractivity (Wildman–Crippen MR) is 64.4 cm³/mol. The number of aldehydes is 1. The molecule has 0 aliphatic rings. The maximum Gasteiger partial charge on any atom is 0.191 e. The normalized spacial score (nSPS) is 10.5. The van der Waals surface area contributed by atoms with Gasteiger partial charge >= 0.3 is 0 Å². The molecule has 0 radical (unpaired) electrons. The van der Waals surface area contributed by atoms with Crippen LogP contribution in [0, 0.1) is 0 Å². The van der Waals surface area contributed by atoms with Crippen molar-refractivity contribution in [3.63, 3.8) is 0 Å². The molecule has 0 heterocycles. The fourth-order valence-electron chi connectivity index (χ4n) is 1.38. The van der Waals surface area contributed by atoms with Gasteiger partial charge in [-0.2, -0.15) is 0 Å². The van der Waals surface area contributed by atoms with E-state index in [2.05, 4.69) is 0 Å². The number of para-hydroxylation sites is 1. The maximum atomic E-state index is 10.8. The summed E-state index contributed by atoms with van der Waals surface area (Å²) >= 11 is 0. The molecule has 4 heteroatoms. The zero-order chi connectivity index (χ0) is 12.5. The van der Waals surface area contributed by atoms with Gasteiger partial charge in [0.05, 0.1) is 5.56 Å². The Bertz CT molecular complexity index is 332. The Hall–Kier alpha value is -1.39. The van der Waals surface area contributed by atoms with Crippen molar-refractivity contribution >= 4 is 6.29 Å². The smallest absolute Gasteiger partial charge is 0.191 e. The zero-order valence-electron chi connectivity index (χ0n) is 10.2. The number of rotatable bonds is 8. The highest BCUT2D eigenvalue weighted by Gasteiger charge is 2.10. The molecule has 0 aliphatic carbocycles. The van der Waals surface area contributed by atoms with Gasteiger partial charge < -0.3 is 14.2 Å². The van der Waals surface area contributed by atoms with Gasteiger partial charge in [0.2, 0.25) is 0 Å². The van der Waals surface area contributed by atoms with Gasteiger partial charge in [-0.05, 0) is 26.0 Å². The lowest BCUT2D eigenvalue weighted by Crippen LogP contribution is -2.25. The second kappa shape index (κ2) is 7.81. The van der Waals surface area contributed by atoms with E-state index >= 15 is 0 Å². The topological polar surface area (TPSA) is 44.8 Å². The van der Waals surface area contributed by atoms with Crippen LogP contribution < -0.4 is 4.74 Å². The van der Waals surface area contributed by atoms with E-state index in [0.29, 0.717) is 24.5 Å². The van der Waals surface area contributed by atoms with E-state index in [9.17, 15) is 4.79 Å². The van der Waals surface area contributed by atoms with Crippen LogP contribution in [-0.4, -0.2) is 32.4 Å². The fraction of sp³-hybridized carbons (Fsp3) is 0.462. The molecule has 0 spiro atoms. The third-order valence-electron chi connectivity index (χ3n) is 2.13. The van der Waals surface area contributed by atoms with Gasteiger partial charge in [0.15, 0.2) is 12.6 Å². The van der Waals surface area contributed by atoms with Crippen LogP contribution in [0.2, 0.25) is 0 Å². The molecule has 1 rings (SSSR count). The van der Waals surface area contributed by atoms with E-state index in [4.69, 9.17) is 14.2 Å². The maximum absolute atomic E-state index is 10.8. The molecule has 94 valence electrons. The van der Waals surface area contributed by atoms with E-state index < -0.39 is 6.29 Å². The quantitative estimate of drug-likeness (QED) is 0.515. The first kappa shape index (κ1) is 13.7. The largest absolute Gasteiger partial charge is 0.488 e. The van der Waals surface area contributed by atoms with Crippen LogP contribution in [0.25, 0.3) is 0 Å². The molecule has 0 N–H and O–H groups in total. The van der Waals surface area contributed by atoms with Crippen LogP contribution >= 0.6 is 0 Å². The molecule has 0 amide bonds. The molecule has 0 saturated heterocycles. The molecule has 0 bridgehead atoms. The van der Waals surface area contributed by atoms with Gasteiger partial charge in [0.25, 0.3) is 0 Å². The number of hydrogen-bond acceptors (Lipinski definition) is 4. The van der Waals surface area contributed by atoms with Crippen molar-refractivity contribution < 1.29 is 19.0 Å². The summed E-state index contributed by atoms with van der Waals surface area (Å²) in [6, 6.07) is 7.06. The molecule has 0 fully saturated rings. The molecule has 0 unspecified atom stereocenters. The first-order valence-electron chi connectivity index (χ1n) is 5.72. The average molecular weight is 238 g/mol. The van der Waals surface area contributed by atoms with Crippen molar-refractivity contribution in [1.82, 2.24) is 0 Å². The number of benzene rings is 1. The van der Waals surface area contributed by atoms with Crippen molar-refractivity contribution in [2.24, 2.45) is 0 Å². The molecule has 4 nitrogen and oxygen atoms in total. The summed E-state index contributed by atoms with van der Waals surface area (Å²) in [5.41, 5.74) is 0.527. The Morgan fingerprint density at radius 1 is 1.18 bits per heavy atom. The van der Waals surface area contributed by atoms with Gasteiger partial charge in [-0.15, -0.1) is 0 Å². The van der Waals surface area contributed by atoms with Crippen molar-refractivity contribution in [3.8, 4) is 5.75 Å². The third kappa shape index (κ3) is 4.54.